The van der Waals surface area contributed by atoms with E-state index < -0.39 is 0 Å². The Bertz CT molecular complexity index is 505. The molecule has 4 heteroatoms. The van der Waals surface area contributed by atoms with E-state index in [4.69, 9.17) is 5.26 Å². The van der Waals surface area contributed by atoms with Gasteiger partial charge in [-0.2, -0.15) is 5.26 Å². The molecular formula is C17H24FN3. The maximum Gasteiger partial charge on any atom is 0.130 e. The van der Waals surface area contributed by atoms with Crippen molar-refractivity contribution >= 4 is 5.69 Å². The van der Waals surface area contributed by atoms with Crippen molar-refractivity contribution in [1.29, 1.82) is 5.26 Å². The number of halogens is 1. The Balaban J connectivity index is 2.28. The predicted octanol–water partition coefficient (Wildman–Crippen LogP) is 3.77. The highest BCUT2D eigenvalue weighted by molar-refractivity contribution is 5.57. The largest absolute Gasteiger partial charge is 0.367 e. The van der Waals surface area contributed by atoms with Crippen molar-refractivity contribution in [2.45, 2.75) is 51.6 Å². The van der Waals surface area contributed by atoms with E-state index in [2.05, 4.69) is 23.2 Å². The summed E-state index contributed by atoms with van der Waals surface area (Å²) >= 11 is 0. The minimum absolute atomic E-state index is 0.0236. The average Bonchev–Trinajstić information content (AvgIpc) is 3.30. The average molecular weight is 289 g/mol. The molecule has 0 aliphatic heterocycles. The third-order valence-electron chi connectivity index (χ3n) is 3.93. The van der Waals surface area contributed by atoms with Crippen LogP contribution < -0.4 is 10.2 Å². The second-order valence-corrected chi connectivity index (χ2v) is 5.68. The lowest BCUT2D eigenvalue weighted by molar-refractivity contribution is 0.525. The van der Waals surface area contributed by atoms with Crippen LogP contribution in [0.5, 0.6) is 0 Å². The fraction of sp³-hybridized carbons (Fsp3) is 0.588. The zero-order valence-corrected chi connectivity index (χ0v) is 12.9. The maximum absolute atomic E-state index is 14.4. The van der Waals surface area contributed by atoms with Crippen LogP contribution >= 0.6 is 0 Å². The van der Waals surface area contributed by atoms with Gasteiger partial charge in [-0.3, -0.25) is 0 Å². The van der Waals surface area contributed by atoms with Crippen LogP contribution in [0, 0.1) is 17.1 Å². The first kappa shape index (κ1) is 15.8. The van der Waals surface area contributed by atoms with E-state index in [1.165, 1.54) is 6.07 Å². The molecule has 1 aromatic rings. The Morgan fingerprint density at radius 2 is 2.24 bits per heavy atom. The Morgan fingerprint density at radius 1 is 1.48 bits per heavy atom. The number of rotatable bonds is 8. The van der Waals surface area contributed by atoms with Gasteiger partial charge in [-0.25, -0.2) is 4.39 Å². The van der Waals surface area contributed by atoms with Gasteiger partial charge in [0, 0.05) is 29.9 Å². The lowest BCUT2D eigenvalue weighted by atomic mass is 10.0. The summed E-state index contributed by atoms with van der Waals surface area (Å²) in [4.78, 5) is 2.21. The Kier molecular flexibility index (Phi) is 5.58. The van der Waals surface area contributed by atoms with Crippen molar-refractivity contribution in [2.75, 3.05) is 18.0 Å². The number of anilines is 1. The number of hydrogen-bond acceptors (Lipinski definition) is 3. The summed E-state index contributed by atoms with van der Waals surface area (Å²) in [6.07, 6.45) is 3.77. The van der Waals surface area contributed by atoms with Crippen molar-refractivity contribution in [3.8, 4) is 6.07 Å². The highest BCUT2D eigenvalue weighted by Gasteiger charge is 2.31. The quantitative estimate of drug-likeness (QED) is 0.792. The molecule has 0 heterocycles. The van der Waals surface area contributed by atoms with E-state index in [1.54, 1.807) is 6.07 Å². The molecule has 114 valence electrons. The molecule has 0 radical (unpaired) electrons. The van der Waals surface area contributed by atoms with Crippen molar-refractivity contribution in [3.63, 3.8) is 0 Å². The standard InChI is InChI=1S/C17H24FN3/c1-3-11-20-13(2)17-15(18)6-4-7-16(17)21(12-5-10-19)14-8-9-14/h4,6-7,13-14,20H,3,5,8-9,11-12H2,1-2H3. The van der Waals surface area contributed by atoms with E-state index >= 15 is 0 Å². The van der Waals surface area contributed by atoms with Crippen LogP contribution in [0.3, 0.4) is 0 Å². The van der Waals surface area contributed by atoms with Crippen LogP contribution in [-0.2, 0) is 0 Å². The molecular weight excluding hydrogens is 265 g/mol. The monoisotopic (exact) mass is 289 g/mol. The van der Waals surface area contributed by atoms with Crippen LogP contribution in [0.15, 0.2) is 18.2 Å². The molecule has 0 amide bonds. The molecule has 1 atom stereocenters. The van der Waals surface area contributed by atoms with Gasteiger partial charge in [-0.1, -0.05) is 13.0 Å². The number of nitrogens with one attached hydrogen (secondary N) is 1. The SMILES string of the molecule is CCCNC(C)c1c(F)cccc1N(CCC#N)C1CC1. The second kappa shape index (κ2) is 7.42. The molecule has 21 heavy (non-hydrogen) atoms. The van der Waals surface area contributed by atoms with Gasteiger partial charge in [0.25, 0.3) is 0 Å². The molecule has 1 fully saturated rings. The van der Waals surface area contributed by atoms with Crippen LogP contribution in [0.1, 0.15) is 51.1 Å². The fourth-order valence-electron chi connectivity index (χ4n) is 2.72. The number of benzene rings is 1. The summed E-state index contributed by atoms with van der Waals surface area (Å²) < 4.78 is 14.4. The smallest absolute Gasteiger partial charge is 0.130 e. The minimum Gasteiger partial charge on any atom is -0.367 e. The van der Waals surface area contributed by atoms with Gasteiger partial charge in [0.2, 0.25) is 0 Å². The van der Waals surface area contributed by atoms with Crippen molar-refractivity contribution in [2.24, 2.45) is 0 Å². The number of nitriles is 1. The lowest BCUT2D eigenvalue weighted by Crippen LogP contribution is -2.30. The topological polar surface area (TPSA) is 39.1 Å². The molecule has 1 aromatic carbocycles. The summed E-state index contributed by atoms with van der Waals surface area (Å²) in [5, 5.41) is 12.2. The minimum atomic E-state index is -0.161. The Morgan fingerprint density at radius 3 is 2.86 bits per heavy atom. The Labute approximate surface area is 126 Å². The molecule has 3 nitrogen and oxygen atoms in total. The van der Waals surface area contributed by atoms with Gasteiger partial charge in [0.05, 0.1) is 12.5 Å². The number of nitrogens with zero attached hydrogens (tertiary/aromatic N) is 2. The molecule has 1 N–H and O–H groups in total. The molecule has 1 unspecified atom stereocenters. The van der Waals surface area contributed by atoms with Gasteiger partial charge < -0.3 is 10.2 Å². The van der Waals surface area contributed by atoms with Gasteiger partial charge >= 0.3 is 0 Å². The molecule has 0 bridgehead atoms. The van der Waals surface area contributed by atoms with Gasteiger partial charge in [-0.05, 0) is 44.9 Å². The summed E-state index contributed by atoms with van der Waals surface area (Å²) in [6, 6.07) is 7.92. The van der Waals surface area contributed by atoms with Crippen LogP contribution in [-0.4, -0.2) is 19.1 Å². The first-order chi connectivity index (χ1) is 10.2. The molecule has 0 spiro atoms. The van der Waals surface area contributed by atoms with Crippen LogP contribution in [0.25, 0.3) is 0 Å². The van der Waals surface area contributed by atoms with E-state index in [0.717, 1.165) is 37.1 Å². The van der Waals surface area contributed by atoms with Gasteiger partial charge in [0.15, 0.2) is 0 Å². The molecule has 0 aromatic heterocycles. The van der Waals surface area contributed by atoms with E-state index in [0.29, 0.717) is 19.0 Å². The first-order valence-corrected chi connectivity index (χ1v) is 7.84. The fourth-order valence-corrected chi connectivity index (χ4v) is 2.72. The third kappa shape index (κ3) is 3.95. The first-order valence-electron chi connectivity index (χ1n) is 7.84. The predicted molar refractivity (Wildman–Crippen MR) is 83.7 cm³/mol. The molecule has 1 aliphatic carbocycles. The number of hydrogen-bond donors (Lipinski definition) is 1. The zero-order chi connectivity index (χ0) is 15.2. The van der Waals surface area contributed by atoms with Crippen molar-refractivity contribution in [3.05, 3.63) is 29.6 Å². The van der Waals surface area contributed by atoms with Crippen LogP contribution in [0.2, 0.25) is 0 Å². The third-order valence-corrected chi connectivity index (χ3v) is 3.93. The van der Waals surface area contributed by atoms with E-state index in [-0.39, 0.29) is 11.9 Å². The summed E-state index contributed by atoms with van der Waals surface area (Å²) in [5.41, 5.74) is 1.68. The van der Waals surface area contributed by atoms with Crippen molar-refractivity contribution < 1.29 is 4.39 Å². The zero-order valence-electron chi connectivity index (χ0n) is 12.9. The molecule has 1 saturated carbocycles. The lowest BCUT2D eigenvalue weighted by Gasteiger charge is -2.29. The molecule has 0 saturated heterocycles. The van der Waals surface area contributed by atoms with Crippen molar-refractivity contribution in [1.82, 2.24) is 5.32 Å². The molecule has 2 rings (SSSR count). The molecule has 1 aliphatic rings. The summed E-state index contributed by atoms with van der Waals surface area (Å²) in [5.74, 6) is -0.161. The van der Waals surface area contributed by atoms with E-state index in [9.17, 15) is 4.39 Å². The summed E-state index contributed by atoms with van der Waals surface area (Å²) in [6.45, 7) is 5.66. The summed E-state index contributed by atoms with van der Waals surface area (Å²) in [7, 11) is 0. The van der Waals surface area contributed by atoms with Gasteiger partial charge in [0.1, 0.15) is 5.82 Å². The Hall–Kier alpha value is -1.60. The second-order valence-electron chi connectivity index (χ2n) is 5.68. The van der Waals surface area contributed by atoms with Gasteiger partial charge in [-0.15, -0.1) is 0 Å². The maximum atomic E-state index is 14.4. The highest BCUT2D eigenvalue weighted by atomic mass is 19.1. The normalized spacial score (nSPS) is 15.5. The highest BCUT2D eigenvalue weighted by Crippen LogP contribution is 2.36. The van der Waals surface area contributed by atoms with E-state index in [1.807, 2.05) is 13.0 Å². The van der Waals surface area contributed by atoms with Crippen LogP contribution in [0.4, 0.5) is 10.1 Å².